The van der Waals surface area contributed by atoms with E-state index in [-0.39, 0.29) is 11.7 Å². The maximum absolute atomic E-state index is 14.9. The second-order valence-corrected chi connectivity index (χ2v) is 11.6. The van der Waals surface area contributed by atoms with Crippen molar-refractivity contribution in [1.29, 1.82) is 0 Å². The molecule has 44 heavy (non-hydrogen) atoms. The van der Waals surface area contributed by atoms with Crippen molar-refractivity contribution in [3.8, 4) is 17.2 Å². The summed E-state index contributed by atoms with van der Waals surface area (Å²) in [7, 11) is 1.64. The summed E-state index contributed by atoms with van der Waals surface area (Å²) in [6.45, 7) is 6.50. The fourth-order valence-electron chi connectivity index (χ4n) is 6.15. The summed E-state index contributed by atoms with van der Waals surface area (Å²) in [5, 5.41) is 9.20. The van der Waals surface area contributed by atoms with Crippen molar-refractivity contribution in [3.63, 3.8) is 0 Å². The second kappa shape index (κ2) is 12.2. The normalized spacial score (nSPS) is 18.6. The molecule has 0 aliphatic carbocycles. The number of benzene rings is 3. The van der Waals surface area contributed by atoms with Crippen LogP contribution in [0.25, 0.3) is 6.08 Å². The van der Waals surface area contributed by atoms with E-state index in [0.717, 1.165) is 66.0 Å². The summed E-state index contributed by atoms with van der Waals surface area (Å²) in [6.07, 6.45) is 6.27. The van der Waals surface area contributed by atoms with Crippen LogP contribution < -0.4 is 14.2 Å². The zero-order valence-electron chi connectivity index (χ0n) is 25.1. The molecule has 0 saturated carbocycles. The van der Waals surface area contributed by atoms with Gasteiger partial charge in [-0.2, -0.15) is 0 Å². The van der Waals surface area contributed by atoms with Gasteiger partial charge in [0.25, 0.3) is 5.79 Å². The number of carbonyl (C=O) groups is 1. The average Bonchev–Trinajstić information content (AvgIpc) is 3.56. The second-order valence-electron chi connectivity index (χ2n) is 11.6. The topological polar surface area (TPSA) is 86.0 Å². The number of piperidine rings is 1. The van der Waals surface area contributed by atoms with Gasteiger partial charge < -0.3 is 23.9 Å². The molecule has 0 spiro atoms. The van der Waals surface area contributed by atoms with Gasteiger partial charge in [0, 0.05) is 25.1 Å². The predicted molar refractivity (Wildman–Crippen MR) is 164 cm³/mol. The molecular formula is C35H36FN3O5. The Bertz CT molecular complexity index is 1710. The standard InChI is InChI=1S/C35H36FN3O5/c1-23-10-12-29(30(36)18-23)35(2)43-31-9-5-8-28(34(31)44-35)25-14-16-38(17-15-25)22-32-37-20-26(11-13-33(40)41)39(32)21-24-6-4-7-27(19-24)42-3/h4-13,18-20,25H,14-17,21-22H2,1-3H3,(H,40,41)/b13-11+. The molecule has 0 amide bonds. The molecular weight excluding hydrogens is 561 g/mol. The number of nitrogens with zero attached hydrogens (tertiary/aromatic N) is 3. The Kier molecular flexibility index (Phi) is 8.14. The van der Waals surface area contributed by atoms with Crippen LogP contribution in [-0.4, -0.2) is 45.7 Å². The van der Waals surface area contributed by atoms with Crippen LogP contribution in [0.3, 0.4) is 0 Å². The van der Waals surface area contributed by atoms with Crippen LogP contribution in [0.2, 0.25) is 0 Å². The number of carboxylic acids is 1. The summed E-state index contributed by atoms with van der Waals surface area (Å²) in [5.74, 6) is 0.635. The fraction of sp³-hybridized carbons (Fsp3) is 0.314. The van der Waals surface area contributed by atoms with Gasteiger partial charge in [0.15, 0.2) is 11.5 Å². The third kappa shape index (κ3) is 6.05. The first-order valence-corrected chi connectivity index (χ1v) is 14.8. The van der Waals surface area contributed by atoms with Crippen molar-refractivity contribution in [2.24, 2.45) is 0 Å². The lowest BCUT2D eigenvalue weighted by atomic mass is 9.88. The van der Waals surface area contributed by atoms with Gasteiger partial charge in [-0.05, 0) is 86.3 Å². The third-order valence-electron chi connectivity index (χ3n) is 8.46. The lowest BCUT2D eigenvalue weighted by molar-refractivity contribution is -0.131. The highest BCUT2D eigenvalue weighted by atomic mass is 19.1. The van der Waals surface area contributed by atoms with Crippen molar-refractivity contribution in [1.82, 2.24) is 14.5 Å². The molecule has 4 aromatic rings. The van der Waals surface area contributed by atoms with Gasteiger partial charge >= 0.3 is 5.97 Å². The largest absolute Gasteiger partial charge is 0.497 e. The van der Waals surface area contributed by atoms with Crippen LogP contribution in [0.1, 0.15) is 59.5 Å². The zero-order valence-corrected chi connectivity index (χ0v) is 25.1. The maximum Gasteiger partial charge on any atom is 0.328 e. The Morgan fingerprint density at radius 2 is 1.91 bits per heavy atom. The minimum Gasteiger partial charge on any atom is -0.497 e. The minimum atomic E-state index is -1.23. The average molecular weight is 598 g/mol. The highest BCUT2D eigenvalue weighted by Gasteiger charge is 2.42. The molecule has 9 heteroatoms. The molecule has 8 nitrogen and oxygen atoms in total. The van der Waals surface area contributed by atoms with E-state index in [1.165, 1.54) is 6.07 Å². The van der Waals surface area contributed by atoms with Gasteiger partial charge in [-0.3, -0.25) is 4.90 Å². The van der Waals surface area contributed by atoms with Crippen molar-refractivity contribution in [2.75, 3.05) is 20.2 Å². The van der Waals surface area contributed by atoms with E-state index in [0.29, 0.717) is 30.2 Å². The minimum absolute atomic E-state index is 0.264. The molecule has 6 rings (SSSR count). The molecule has 2 aliphatic heterocycles. The number of hydrogen-bond acceptors (Lipinski definition) is 6. The summed E-state index contributed by atoms with van der Waals surface area (Å²) >= 11 is 0. The lowest BCUT2D eigenvalue weighted by Crippen LogP contribution is -2.34. The van der Waals surface area contributed by atoms with E-state index in [4.69, 9.17) is 14.2 Å². The van der Waals surface area contributed by atoms with Crippen LogP contribution in [0.4, 0.5) is 4.39 Å². The molecule has 1 atom stereocenters. The number of para-hydroxylation sites is 1. The summed E-state index contributed by atoms with van der Waals surface area (Å²) in [5.41, 5.74) is 4.06. The fourth-order valence-corrected chi connectivity index (χ4v) is 6.15. The van der Waals surface area contributed by atoms with Gasteiger partial charge in [-0.25, -0.2) is 14.2 Å². The first-order valence-electron chi connectivity index (χ1n) is 14.8. The van der Waals surface area contributed by atoms with E-state index in [1.54, 1.807) is 32.4 Å². The van der Waals surface area contributed by atoms with Crippen LogP contribution in [0.15, 0.2) is 72.9 Å². The number of methoxy groups -OCH3 is 1. The van der Waals surface area contributed by atoms with Gasteiger partial charge in [0.1, 0.15) is 17.4 Å². The molecule has 1 N–H and O–H groups in total. The number of aryl methyl sites for hydroxylation is 1. The Labute approximate surface area is 256 Å². The highest BCUT2D eigenvalue weighted by molar-refractivity contribution is 5.84. The van der Waals surface area contributed by atoms with Crippen LogP contribution in [0.5, 0.6) is 17.2 Å². The van der Waals surface area contributed by atoms with E-state index in [2.05, 4.69) is 20.5 Å². The van der Waals surface area contributed by atoms with E-state index in [1.807, 2.05) is 49.4 Å². The lowest BCUT2D eigenvalue weighted by Gasteiger charge is -2.32. The highest BCUT2D eigenvalue weighted by Crippen LogP contribution is 2.49. The maximum atomic E-state index is 14.9. The Balaban J connectivity index is 1.17. The van der Waals surface area contributed by atoms with Crippen molar-refractivity contribution >= 4 is 12.0 Å². The number of ether oxygens (including phenoxy) is 3. The smallest absolute Gasteiger partial charge is 0.328 e. The van der Waals surface area contributed by atoms with Crippen molar-refractivity contribution in [2.45, 2.75) is 51.5 Å². The third-order valence-corrected chi connectivity index (χ3v) is 8.46. The number of aliphatic carboxylic acids is 1. The molecule has 3 heterocycles. The number of hydrogen-bond donors (Lipinski definition) is 1. The van der Waals surface area contributed by atoms with Gasteiger partial charge in [0.05, 0.1) is 31.1 Å². The number of likely N-dealkylation sites (tertiary alicyclic amines) is 1. The zero-order chi connectivity index (χ0) is 30.8. The number of aromatic nitrogens is 2. The molecule has 228 valence electrons. The van der Waals surface area contributed by atoms with Crippen molar-refractivity contribution in [3.05, 3.63) is 113 Å². The van der Waals surface area contributed by atoms with Gasteiger partial charge in [-0.1, -0.05) is 30.3 Å². The first-order chi connectivity index (χ1) is 21.2. The number of imidazole rings is 1. The number of halogens is 1. The molecule has 1 unspecified atom stereocenters. The molecule has 3 aromatic carbocycles. The van der Waals surface area contributed by atoms with Gasteiger partial charge in [-0.15, -0.1) is 0 Å². The molecule has 1 aromatic heterocycles. The molecule has 0 bridgehead atoms. The Morgan fingerprint density at radius 3 is 2.66 bits per heavy atom. The molecule has 0 radical (unpaired) electrons. The number of rotatable bonds is 9. The van der Waals surface area contributed by atoms with Crippen LogP contribution in [0, 0.1) is 12.7 Å². The summed E-state index contributed by atoms with van der Waals surface area (Å²) < 4.78 is 35.0. The SMILES string of the molecule is COc1cccc(Cn2c(/C=C/C(=O)O)cnc2CN2CCC(c3cccc4c3OC(C)(c3ccc(C)cc3F)O4)CC2)c1. The van der Waals surface area contributed by atoms with E-state index in [9.17, 15) is 14.3 Å². The monoisotopic (exact) mass is 597 g/mol. The Morgan fingerprint density at radius 1 is 1.11 bits per heavy atom. The van der Waals surface area contributed by atoms with E-state index >= 15 is 0 Å². The number of fused-ring (bicyclic) bond motifs is 1. The van der Waals surface area contributed by atoms with Crippen molar-refractivity contribution < 1.29 is 28.5 Å². The van der Waals surface area contributed by atoms with Gasteiger partial charge in [0.2, 0.25) is 0 Å². The molecule has 1 saturated heterocycles. The predicted octanol–water partition coefficient (Wildman–Crippen LogP) is 6.51. The summed E-state index contributed by atoms with van der Waals surface area (Å²) in [6, 6.07) is 18.9. The quantitative estimate of drug-likeness (QED) is 0.220. The Hall–Kier alpha value is -4.63. The van der Waals surface area contributed by atoms with Crippen LogP contribution >= 0.6 is 0 Å². The molecule has 2 aliphatic rings. The molecule has 1 fully saturated rings. The summed E-state index contributed by atoms with van der Waals surface area (Å²) in [4.78, 5) is 18.3. The number of carboxylic acid groups (broad SMARTS) is 1. The first kappa shape index (κ1) is 29.4. The van der Waals surface area contributed by atoms with E-state index < -0.39 is 11.8 Å². The van der Waals surface area contributed by atoms with Crippen LogP contribution in [-0.2, 0) is 23.7 Å².